The van der Waals surface area contributed by atoms with Gasteiger partial charge in [-0.05, 0) is 71.8 Å². The number of fused-ring (bicyclic) bond motifs is 3. The molecule has 0 bridgehead atoms. The van der Waals surface area contributed by atoms with Crippen LogP contribution in [0.5, 0.6) is 5.75 Å². The molecule has 1 saturated carbocycles. The number of ether oxygens (including phenoxy) is 1. The number of anilines is 1. The van der Waals surface area contributed by atoms with Crippen LogP contribution in [-0.4, -0.2) is 52.7 Å². The number of carboxylic acids is 1. The number of rotatable bonds is 9. The van der Waals surface area contributed by atoms with E-state index >= 15 is 0 Å². The van der Waals surface area contributed by atoms with Crippen molar-refractivity contribution in [3.63, 3.8) is 0 Å². The second kappa shape index (κ2) is 11.6. The highest BCUT2D eigenvalue weighted by Gasteiger charge is 2.42. The van der Waals surface area contributed by atoms with Crippen LogP contribution in [-0.2, 0) is 13.0 Å². The number of amides is 2. The molecule has 0 unspecified atom stereocenters. The van der Waals surface area contributed by atoms with Crippen molar-refractivity contribution in [1.29, 1.82) is 0 Å². The van der Waals surface area contributed by atoms with E-state index in [2.05, 4.69) is 15.6 Å². The highest BCUT2D eigenvalue weighted by molar-refractivity contribution is 7.13. The van der Waals surface area contributed by atoms with Gasteiger partial charge in [0.25, 0.3) is 11.8 Å². The molecule has 220 valence electrons. The third-order valence-electron chi connectivity index (χ3n) is 7.97. The first-order valence-corrected chi connectivity index (χ1v) is 14.8. The molecule has 43 heavy (non-hydrogen) atoms. The predicted octanol–water partition coefficient (Wildman–Crippen LogP) is 4.32. The number of pyridine rings is 1. The Labute approximate surface area is 251 Å². The fraction of sp³-hybridized carbons (Fsp3) is 0.250. The van der Waals surface area contributed by atoms with Crippen LogP contribution in [0.1, 0.15) is 55.3 Å². The molecule has 2 aliphatic rings. The average molecular weight is 599 g/mol. The van der Waals surface area contributed by atoms with Gasteiger partial charge in [-0.15, -0.1) is 11.3 Å². The number of aliphatic hydroxyl groups is 1. The fourth-order valence-corrected chi connectivity index (χ4v) is 6.12. The van der Waals surface area contributed by atoms with Crippen LogP contribution in [0, 0.1) is 5.41 Å². The Balaban J connectivity index is 1.42. The van der Waals surface area contributed by atoms with Crippen LogP contribution in [0.4, 0.5) is 5.69 Å². The third-order valence-corrected chi connectivity index (χ3v) is 8.96. The summed E-state index contributed by atoms with van der Waals surface area (Å²) in [6, 6.07) is 15.5. The Morgan fingerprint density at radius 1 is 1.00 bits per heavy atom. The van der Waals surface area contributed by atoms with Crippen LogP contribution < -0.4 is 21.1 Å². The molecule has 2 aromatic heterocycles. The van der Waals surface area contributed by atoms with E-state index in [0.717, 1.165) is 34.4 Å². The summed E-state index contributed by atoms with van der Waals surface area (Å²) in [5.41, 5.74) is 8.97. The second-order valence-electron chi connectivity index (χ2n) is 10.9. The van der Waals surface area contributed by atoms with Gasteiger partial charge >= 0.3 is 5.97 Å². The van der Waals surface area contributed by atoms with E-state index in [4.69, 9.17) is 10.5 Å². The highest BCUT2D eigenvalue weighted by Crippen LogP contribution is 2.45. The van der Waals surface area contributed by atoms with Crippen molar-refractivity contribution in [2.45, 2.75) is 25.8 Å². The number of nitrogens with one attached hydrogen (secondary N) is 2. The summed E-state index contributed by atoms with van der Waals surface area (Å²) >= 11 is 1.55. The standard InChI is InChI=1S/C32H30N4O6S/c33-15-18-1-3-20(4-2-18)35-29(38)23-13-24-26(42-11-7-19-8-12-43-28(19)24)14-22(23)21-5-6-25(36-27(21)31(40)41)30(39)34-16-32(17-37)9-10-32/h1-6,8,12-14,37H,7,9-11,15-17,33H2,(H,34,39)(H,35,38)(H,40,41). The van der Waals surface area contributed by atoms with Crippen LogP contribution in [0.3, 0.4) is 0 Å². The van der Waals surface area contributed by atoms with E-state index in [1.807, 2.05) is 23.6 Å². The normalized spacial score (nSPS) is 14.5. The van der Waals surface area contributed by atoms with Gasteiger partial charge in [-0.3, -0.25) is 9.59 Å². The first kappa shape index (κ1) is 28.5. The molecule has 6 rings (SSSR count). The zero-order valence-corrected chi connectivity index (χ0v) is 24.0. The van der Waals surface area contributed by atoms with Gasteiger partial charge < -0.3 is 31.3 Å². The van der Waals surface area contributed by atoms with Crippen molar-refractivity contribution < 1.29 is 29.3 Å². The van der Waals surface area contributed by atoms with Crippen LogP contribution in [0.2, 0.25) is 0 Å². The van der Waals surface area contributed by atoms with E-state index < -0.39 is 17.8 Å². The van der Waals surface area contributed by atoms with Crippen LogP contribution in [0.15, 0.2) is 60.0 Å². The maximum atomic E-state index is 13.8. The first-order chi connectivity index (χ1) is 20.8. The molecule has 10 nitrogen and oxygen atoms in total. The molecule has 1 aliphatic carbocycles. The Bertz CT molecular complexity index is 1730. The first-order valence-electron chi connectivity index (χ1n) is 13.9. The van der Waals surface area contributed by atoms with Gasteiger partial charge in [0.2, 0.25) is 0 Å². The number of carbonyl (C=O) groups excluding carboxylic acids is 2. The molecule has 6 N–H and O–H groups in total. The minimum Gasteiger partial charge on any atom is -0.493 e. The highest BCUT2D eigenvalue weighted by atomic mass is 32.1. The largest absolute Gasteiger partial charge is 0.493 e. The quantitative estimate of drug-likeness (QED) is 0.190. The predicted molar refractivity (Wildman–Crippen MR) is 163 cm³/mol. The number of hydrogen-bond acceptors (Lipinski definition) is 8. The van der Waals surface area contributed by atoms with Crippen molar-refractivity contribution in [3.05, 3.63) is 88.1 Å². The molecule has 11 heteroatoms. The Morgan fingerprint density at radius 3 is 2.49 bits per heavy atom. The van der Waals surface area contributed by atoms with E-state index in [9.17, 15) is 24.6 Å². The number of aliphatic hydroxyl groups excluding tert-OH is 1. The molecule has 0 radical (unpaired) electrons. The lowest BCUT2D eigenvalue weighted by atomic mass is 9.93. The number of thiophene rings is 1. The molecule has 2 aromatic carbocycles. The number of aromatic carboxylic acids is 1. The van der Waals surface area contributed by atoms with Gasteiger partial charge in [-0.25, -0.2) is 9.78 Å². The van der Waals surface area contributed by atoms with Gasteiger partial charge in [-0.2, -0.15) is 0 Å². The van der Waals surface area contributed by atoms with Gasteiger partial charge in [-0.1, -0.05) is 12.1 Å². The van der Waals surface area contributed by atoms with Crippen molar-refractivity contribution in [2.24, 2.45) is 11.1 Å². The van der Waals surface area contributed by atoms with E-state index in [0.29, 0.717) is 36.6 Å². The number of nitrogens with two attached hydrogens (primary N) is 1. The van der Waals surface area contributed by atoms with E-state index in [1.165, 1.54) is 12.1 Å². The lowest BCUT2D eigenvalue weighted by Crippen LogP contribution is -2.32. The molecular formula is C32H30N4O6S. The number of aromatic nitrogens is 1. The molecule has 0 atom stereocenters. The minimum absolute atomic E-state index is 0.0323. The SMILES string of the molecule is NCc1ccc(NC(=O)c2cc3c(cc2-c2ccc(C(=O)NCC4(CO)CC4)nc2C(=O)O)OCCc2ccsc2-3)cc1. The third kappa shape index (κ3) is 5.74. The maximum absolute atomic E-state index is 13.8. The van der Waals surface area contributed by atoms with Crippen molar-refractivity contribution in [2.75, 3.05) is 25.1 Å². The molecule has 3 heterocycles. The van der Waals surface area contributed by atoms with E-state index in [1.54, 1.807) is 35.6 Å². The number of carboxylic acid groups (broad SMARTS) is 1. The minimum atomic E-state index is -1.35. The van der Waals surface area contributed by atoms with E-state index in [-0.39, 0.29) is 41.1 Å². The number of benzene rings is 2. The number of hydrogen-bond donors (Lipinski definition) is 5. The molecule has 1 aliphatic heterocycles. The zero-order chi connectivity index (χ0) is 30.1. The molecule has 2 amide bonds. The average Bonchev–Trinajstić information content (AvgIpc) is 3.71. The molecular weight excluding hydrogens is 568 g/mol. The second-order valence-corrected chi connectivity index (χ2v) is 11.8. The number of nitrogens with zero attached hydrogens (tertiary/aromatic N) is 1. The lowest BCUT2D eigenvalue weighted by molar-refractivity contribution is 0.0691. The van der Waals surface area contributed by atoms with Gasteiger partial charge in [0, 0.05) is 57.7 Å². The lowest BCUT2D eigenvalue weighted by Gasteiger charge is -2.17. The zero-order valence-electron chi connectivity index (χ0n) is 23.2. The maximum Gasteiger partial charge on any atom is 0.355 e. The van der Waals surface area contributed by atoms with Crippen LogP contribution in [0.25, 0.3) is 21.6 Å². The Hall–Kier alpha value is -4.58. The Kier molecular flexibility index (Phi) is 7.70. The Morgan fingerprint density at radius 2 is 1.79 bits per heavy atom. The fourth-order valence-electron chi connectivity index (χ4n) is 5.14. The number of carbonyl (C=O) groups is 3. The van der Waals surface area contributed by atoms with Crippen molar-refractivity contribution >= 4 is 34.8 Å². The monoisotopic (exact) mass is 598 g/mol. The summed E-state index contributed by atoms with van der Waals surface area (Å²) in [4.78, 5) is 44.4. The summed E-state index contributed by atoms with van der Waals surface area (Å²) in [5, 5.41) is 27.4. The van der Waals surface area contributed by atoms with Gasteiger partial charge in [0.15, 0.2) is 5.69 Å². The smallest absolute Gasteiger partial charge is 0.355 e. The molecule has 4 aromatic rings. The topological polar surface area (TPSA) is 164 Å². The summed E-state index contributed by atoms with van der Waals surface area (Å²) in [6.45, 7) is 1.04. The summed E-state index contributed by atoms with van der Waals surface area (Å²) in [7, 11) is 0. The van der Waals surface area contributed by atoms with Gasteiger partial charge in [0.05, 0.1) is 13.2 Å². The summed E-state index contributed by atoms with van der Waals surface area (Å²) < 4.78 is 6.08. The van der Waals surface area contributed by atoms with Crippen molar-refractivity contribution in [3.8, 4) is 27.3 Å². The van der Waals surface area contributed by atoms with Crippen LogP contribution >= 0.6 is 11.3 Å². The summed E-state index contributed by atoms with van der Waals surface area (Å²) in [5.74, 6) is -1.81. The molecule has 0 saturated heterocycles. The molecule has 0 spiro atoms. The summed E-state index contributed by atoms with van der Waals surface area (Å²) in [6.07, 6.45) is 2.32. The van der Waals surface area contributed by atoms with Crippen molar-refractivity contribution in [1.82, 2.24) is 10.3 Å². The molecule has 1 fully saturated rings. The van der Waals surface area contributed by atoms with Gasteiger partial charge in [0.1, 0.15) is 11.4 Å².